The van der Waals surface area contributed by atoms with Gasteiger partial charge in [0.25, 0.3) is 0 Å². The first-order valence-electron chi connectivity index (χ1n) is 9.92. The second-order valence-corrected chi connectivity index (χ2v) is 7.00. The summed E-state index contributed by atoms with van der Waals surface area (Å²) in [7, 11) is 0. The summed E-state index contributed by atoms with van der Waals surface area (Å²) in [6, 6.07) is 19.6. The number of ether oxygens (including phenoxy) is 3. The minimum Gasteiger partial charge on any atom is -0.493 e. The highest BCUT2D eigenvalue weighted by atomic mass is 19.1. The van der Waals surface area contributed by atoms with Crippen LogP contribution in [0.5, 0.6) is 17.2 Å². The highest BCUT2D eigenvalue weighted by Crippen LogP contribution is 2.43. The van der Waals surface area contributed by atoms with Crippen LogP contribution < -0.4 is 19.9 Å². The summed E-state index contributed by atoms with van der Waals surface area (Å²) in [6.45, 7) is 2.23. The van der Waals surface area contributed by atoms with Gasteiger partial charge < -0.3 is 19.9 Å². The SMILES string of the molecule is CCOc1ccccc1C(=O)Oc1ccc2c(c1)OC(N)=C(C#N)C2c1cccc(F)c1. The third kappa shape index (κ3) is 3.98. The average Bonchev–Trinajstić information content (AvgIpc) is 2.78. The van der Waals surface area contributed by atoms with Crippen LogP contribution in [0.25, 0.3) is 0 Å². The molecule has 0 amide bonds. The van der Waals surface area contributed by atoms with E-state index in [1.165, 1.54) is 18.2 Å². The van der Waals surface area contributed by atoms with Crippen LogP contribution in [0.4, 0.5) is 4.39 Å². The Hall–Kier alpha value is -4.31. The van der Waals surface area contributed by atoms with Gasteiger partial charge in [-0.1, -0.05) is 30.3 Å². The first-order valence-corrected chi connectivity index (χ1v) is 9.92. The standard InChI is InChI=1S/C25H19FN2O4/c1-2-30-21-9-4-3-8-19(21)25(29)31-17-10-11-18-22(13-17)32-24(28)20(14-27)23(18)15-6-5-7-16(26)12-15/h3-13,23H,2,28H2,1H3. The second-order valence-electron chi connectivity index (χ2n) is 7.00. The van der Waals surface area contributed by atoms with Gasteiger partial charge in [0.05, 0.1) is 12.5 Å². The van der Waals surface area contributed by atoms with Crippen LogP contribution >= 0.6 is 0 Å². The number of nitrogens with two attached hydrogens (primary N) is 1. The number of nitriles is 1. The van der Waals surface area contributed by atoms with Crippen molar-refractivity contribution in [2.24, 2.45) is 5.73 Å². The van der Waals surface area contributed by atoms with Crippen molar-refractivity contribution in [3.05, 3.63) is 101 Å². The molecule has 0 aliphatic carbocycles. The Balaban J connectivity index is 1.68. The highest BCUT2D eigenvalue weighted by molar-refractivity contribution is 5.94. The number of allylic oxidation sites excluding steroid dienone is 1. The lowest BCUT2D eigenvalue weighted by Gasteiger charge is -2.26. The fourth-order valence-electron chi connectivity index (χ4n) is 3.61. The number of para-hydroxylation sites is 1. The van der Waals surface area contributed by atoms with Gasteiger partial charge in [-0.15, -0.1) is 0 Å². The van der Waals surface area contributed by atoms with Gasteiger partial charge in [-0.05, 0) is 42.8 Å². The number of esters is 1. The Kier molecular flexibility index (Phi) is 5.77. The summed E-state index contributed by atoms with van der Waals surface area (Å²) in [5.74, 6) is -0.739. The maximum Gasteiger partial charge on any atom is 0.347 e. The summed E-state index contributed by atoms with van der Waals surface area (Å²) in [4.78, 5) is 12.7. The molecular formula is C25H19FN2O4. The molecule has 160 valence electrons. The van der Waals surface area contributed by atoms with Gasteiger partial charge in [0.2, 0.25) is 5.88 Å². The summed E-state index contributed by atoms with van der Waals surface area (Å²) >= 11 is 0. The van der Waals surface area contributed by atoms with E-state index in [1.807, 2.05) is 6.92 Å². The number of hydrogen-bond acceptors (Lipinski definition) is 6. The van der Waals surface area contributed by atoms with E-state index in [1.54, 1.807) is 48.5 Å². The number of rotatable bonds is 5. The first-order chi connectivity index (χ1) is 15.5. The second kappa shape index (κ2) is 8.82. The van der Waals surface area contributed by atoms with Gasteiger partial charge in [-0.25, -0.2) is 9.18 Å². The Morgan fingerprint density at radius 2 is 1.97 bits per heavy atom. The van der Waals surface area contributed by atoms with Crippen molar-refractivity contribution >= 4 is 5.97 Å². The average molecular weight is 430 g/mol. The largest absolute Gasteiger partial charge is 0.493 e. The number of benzene rings is 3. The molecule has 0 aromatic heterocycles. The van der Waals surface area contributed by atoms with E-state index >= 15 is 0 Å². The normalized spacial score (nSPS) is 14.7. The van der Waals surface area contributed by atoms with Crippen LogP contribution in [-0.4, -0.2) is 12.6 Å². The molecule has 0 fully saturated rings. The Bertz CT molecular complexity index is 1260. The van der Waals surface area contributed by atoms with Gasteiger partial charge in [0.15, 0.2) is 0 Å². The molecule has 3 aromatic rings. The highest BCUT2D eigenvalue weighted by Gasteiger charge is 2.31. The van der Waals surface area contributed by atoms with Crippen molar-refractivity contribution in [3.63, 3.8) is 0 Å². The molecule has 0 bridgehead atoms. The van der Waals surface area contributed by atoms with Gasteiger partial charge in [-0.3, -0.25) is 0 Å². The third-order valence-electron chi connectivity index (χ3n) is 4.99. The predicted octanol–water partition coefficient (Wildman–Crippen LogP) is 4.66. The van der Waals surface area contributed by atoms with Crippen molar-refractivity contribution in [3.8, 4) is 23.3 Å². The van der Waals surface area contributed by atoms with Crippen LogP contribution in [0.15, 0.2) is 78.2 Å². The van der Waals surface area contributed by atoms with Crippen molar-refractivity contribution in [1.29, 1.82) is 5.26 Å². The molecule has 0 saturated heterocycles. The molecule has 1 unspecified atom stereocenters. The Morgan fingerprint density at radius 3 is 2.72 bits per heavy atom. The molecule has 0 spiro atoms. The molecule has 1 aliphatic rings. The van der Waals surface area contributed by atoms with Crippen molar-refractivity contribution in [2.75, 3.05) is 6.61 Å². The van der Waals surface area contributed by atoms with Gasteiger partial charge >= 0.3 is 5.97 Å². The zero-order chi connectivity index (χ0) is 22.7. The monoisotopic (exact) mass is 430 g/mol. The number of carbonyl (C=O) groups excluding carboxylic acids is 1. The molecule has 4 rings (SSSR count). The number of nitrogens with zero attached hydrogens (tertiary/aromatic N) is 1. The van der Waals surface area contributed by atoms with Crippen LogP contribution in [0.3, 0.4) is 0 Å². The maximum atomic E-state index is 13.9. The lowest BCUT2D eigenvalue weighted by atomic mass is 9.83. The lowest BCUT2D eigenvalue weighted by molar-refractivity contribution is 0.0730. The van der Waals surface area contributed by atoms with Crippen molar-refractivity contribution < 1.29 is 23.4 Å². The first kappa shape index (κ1) is 20.9. The van der Waals surface area contributed by atoms with E-state index in [0.29, 0.717) is 29.2 Å². The van der Waals surface area contributed by atoms with Gasteiger partial charge in [0, 0.05) is 11.6 Å². The van der Waals surface area contributed by atoms with E-state index in [2.05, 4.69) is 6.07 Å². The minimum atomic E-state index is -0.608. The molecule has 1 atom stereocenters. The van der Waals surface area contributed by atoms with E-state index in [0.717, 1.165) is 0 Å². The summed E-state index contributed by atoms with van der Waals surface area (Å²) in [6.07, 6.45) is 0. The van der Waals surface area contributed by atoms with Crippen LogP contribution in [0, 0.1) is 17.1 Å². The van der Waals surface area contributed by atoms with E-state index in [9.17, 15) is 14.4 Å². The Labute approximate surface area is 184 Å². The van der Waals surface area contributed by atoms with Crippen LogP contribution in [0.1, 0.15) is 34.3 Å². The number of fused-ring (bicyclic) bond motifs is 1. The molecule has 3 aromatic carbocycles. The zero-order valence-electron chi connectivity index (χ0n) is 17.2. The topological polar surface area (TPSA) is 94.6 Å². The molecule has 2 N–H and O–H groups in total. The van der Waals surface area contributed by atoms with E-state index in [-0.39, 0.29) is 22.8 Å². The number of halogens is 1. The fourth-order valence-corrected chi connectivity index (χ4v) is 3.61. The fraction of sp³-hybridized carbons (Fsp3) is 0.120. The molecule has 32 heavy (non-hydrogen) atoms. The predicted molar refractivity (Wildman–Crippen MR) is 115 cm³/mol. The van der Waals surface area contributed by atoms with Gasteiger partial charge in [-0.2, -0.15) is 5.26 Å². The summed E-state index contributed by atoms with van der Waals surface area (Å²) in [5.41, 5.74) is 7.62. The van der Waals surface area contributed by atoms with Crippen molar-refractivity contribution in [2.45, 2.75) is 12.8 Å². The van der Waals surface area contributed by atoms with E-state index < -0.39 is 17.7 Å². The lowest BCUT2D eigenvalue weighted by Crippen LogP contribution is -2.21. The molecule has 0 radical (unpaired) electrons. The van der Waals surface area contributed by atoms with Crippen molar-refractivity contribution in [1.82, 2.24) is 0 Å². The number of hydrogen-bond donors (Lipinski definition) is 1. The quantitative estimate of drug-likeness (QED) is 0.467. The molecule has 1 aliphatic heterocycles. The zero-order valence-corrected chi connectivity index (χ0v) is 17.2. The Morgan fingerprint density at radius 1 is 1.16 bits per heavy atom. The third-order valence-corrected chi connectivity index (χ3v) is 4.99. The molecule has 0 saturated carbocycles. The van der Waals surface area contributed by atoms with Crippen LogP contribution in [0.2, 0.25) is 0 Å². The smallest absolute Gasteiger partial charge is 0.347 e. The summed E-state index contributed by atoms with van der Waals surface area (Å²) < 4.78 is 30.5. The molecule has 6 nitrogen and oxygen atoms in total. The number of carbonyl (C=O) groups is 1. The molecular weight excluding hydrogens is 411 g/mol. The van der Waals surface area contributed by atoms with E-state index in [4.69, 9.17) is 19.9 Å². The van der Waals surface area contributed by atoms with Crippen LogP contribution in [-0.2, 0) is 0 Å². The summed E-state index contributed by atoms with van der Waals surface area (Å²) in [5, 5.41) is 9.61. The maximum absolute atomic E-state index is 13.9. The molecule has 7 heteroatoms. The minimum absolute atomic E-state index is 0.0839. The molecule has 1 heterocycles. The van der Waals surface area contributed by atoms with Gasteiger partial charge in [0.1, 0.15) is 40.3 Å².